The van der Waals surface area contributed by atoms with Gasteiger partial charge in [-0.05, 0) is 31.9 Å². The first-order valence-corrected chi connectivity index (χ1v) is 9.39. The van der Waals surface area contributed by atoms with Crippen molar-refractivity contribution in [1.82, 2.24) is 15.5 Å². The fourth-order valence-electron chi connectivity index (χ4n) is 3.29. The summed E-state index contributed by atoms with van der Waals surface area (Å²) in [6.07, 6.45) is 9.42. The summed E-state index contributed by atoms with van der Waals surface area (Å²) < 4.78 is 5.68. The van der Waals surface area contributed by atoms with Crippen molar-refractivity contribution in [3.63, 3.8) is 0 Å². The highest BCUT2D eigenvalue weighted by atomic mass is 16.4. The number of aromatic nitrogens is 2. The maximum Gasteiger partial charge on any atom is 0.247 e. The molecule has 5 nitrogen and oxygen atoms in total. The van der Waals surface area contributed by atoms with Gasteiger partial charge in [0.2, 0.25) is 17.7 Å². The Hall–Kier alpha value is -2.17. The summed E-state index contributed by atoms with van der Waals surface area (Å²) in [7, 11) is 0. The summed E-state index contributed by atoms with van der Waals surface area (Å²) >= 11 is 0. The van der Waals surface area contributed by atoms with Crippen molar-refractivity contribution in [2.45, 2.75) is 70.8 Å². The molecule has 0 saturated heterocycles. The lowest BCUT2D eigenvalue weighted by molar-refractivity contribution is -0.122. The minimum Gasteiger partial charge on any atom is -0.421 e. The number of benzene rings is 1. The molecule has 0 spiro atoms. The first-order chi connectivity index (χ1) is 12.2. The van der Waals surface area contributed by atoms with Crippen LogP contribution < -0.4 is 5.32 Å². The van der Waals surface area contributed by atoms with E-state index in [0.717, 1.165) is 18.4 Å². The van der Waals surface area contributed by atoms with E-state index in [0.29, 0.717) is 30.7 Å². The summed E-state index contributed by atoms with van der Waals surface area (Å²) in [6, 6.07) is 8.30. The molecule has 0 unspecified atom stereocenters. The van der Waals surface area contributed by atoms with Crippen molar-refractivity contribution >= 4 is 5.91 Å². The summed E-state index contributed by atoms with van der Waals surface area (Å²) in [5.74, 6) is 1.11. The Morgan fingerprint density at radius 2 is 1.76 bits per heavy atom. The number of hydrogen-bond donors (Lipinski definition) is 1. The van der Waals surface area contributed by atoms with Gasteiger partial charge in [-0.15, -0.1) is 10.2 Å². The van der Waals surface area contributed by atoms with E-state index in [4.69, 9.17) is 4.42 Å². The molecular formula is C20H27N3O2. The summed E-state index contributed by atoms with van der Waals surface area (Å²) in [6.45, 7) is 2.04. The van der Waals surface area contributed by atoms with Crippen LogP contribution in [-0.2, 0) is 11.2 Å². The zero-order chi connectivity index (χ0) is 17.5. The molecule has 25 heavy (non-hydrogen) atoms. The highest BCUT2D eigenvalue weighted by molar-refractivity contribution is 5.76. The number of aryl methyl sites for hydroxylation is 2. The van der Waals surface area contributed by atoms with Crippen LogP contribution in [0.25, 0.3) is 11.5 Å². The molecule has 1 aliphatic rings. The quantitative estimate of drug-likeness (QED) is 0.884. The monoisotopic (exact) mass is 341 g/mol. The third-order valence-electron chi connectivity index (χ3n) is 4.80. The van der Waals surface area contributed by atoms with Crippen molar-refractivity contribution in [2.24, 2.45) is 0 Å². The molecule has 0 bridgehead atoms. The zero-order valence-corrected chi connectivity index (χ0v) is 15.0. The number of rotatable bonds is 5. The second-order valence-electron chi connectivity index (χ2n) is 6.98. The first-order valence-electron chi connectivity index (χ1n) is 9.39. The van der Waals surface area contributed by atoms with Gasteiger partial charge in [-0.25, -0.2) is 0 Å². The molecular weight excluding hydrogens is 314 g/mol. The lowest BCUT2D eigenvalue weighted by Gasteiger charge is -2.20. The number of carbonyl (C=O) groups is 1. The van der Waals surface area contributed by atoms with E-state index in [1.54, 1.807) is 0 Å². The fourth-order valence-corrected chi connectivity index (χ4v) is 3.29. The van der Waals surface area contributed by atoms with Gasteiger partial charge in [0, 0.05) is 24.4 Å². The van der Waals surface area contributed by atoms with E-state index in [9.17, 15) is 4.79 Å². The van der Waals surface area contributed by atoms with Crippen molar-refractivity contribution in [2.75, 3.05) is 0 Å². The van der Waals surface area contributed by atoms with Crippen LogP contribution in [0, 0.1) is 6.92 Å². The Bertz CT molecular complexity index is 671. The van der Waals surface area contributed by atoms with Crippen LogP contribution in [0.3, 0.4) is 0 Å². The number of hydrogen-bond acceptors (Lipinski definition) is 4. The highest BCUT2D eigenvalue weighted by Gasteiger charge is 2.15. The van der Waals surface area contributed by atoms with Gasteiger partial charge in [-0.1, -0.05) is 49.8 Å². The Labute approximate surface area is 149 Å². The van der Waals surface area contributed by atoms with Gasteiger partial charge in [0.25, 0.3) is 0 Å². The van der Waals surface area contributed by atoms with Gasteiger partial charge in [0.05, 0.1) is 0 Å². The molecule has 1 aliphatic carbocycles. The standard InChI is InChI=1S/C20H27N3O2/c1-15-9-11-16(12-10-15)20-23-22-19(25-20)14-13-18(24)21-17-7-5-3-2-4-6-8-17/h9-12,17H,2-8,13-14H2,1H3,(H,21,24). The van der Waals surface area contributed by atoms with Crippen LogP contribution in [0.15, 0.2) is 28.7 Å². The second-order valence-corrected chi connectivity index (χ2v) is 6.98. The molecule has 1 saturated carbocycles. The molecule has 3 rings (SSSR count). The zero-order valence-electron chi connectivity index (χ0n) is 15.0. The minimum atomic E-state index is 0.0839. The van der Waals surface area contributed by atoms with E-state index in [2.05, 4.69) is 15.5 Å². The van der Waals surface area contributed by atoms with Gasteiger partial charge in [-0.3, -0.25) is 4.79 Å². The van der Waals surface area contributed by atoms with Crippen molar-refractivity contribution in [3.8, 4) is 11.5 Å². The van der Waals surface area contributed by atoms with E-state index in [-0.39, 0.29) is 5.91 Å². The SMILES string of the molecule is Cc1ccc(-c2nnc(CCC(=O)NC3CCCCCCC3)o2)cc1. The van der Waals surface area contributed by atoms with Crippen LogP contribution in [0.2, 0.25) is 0 Å². The summed E-state index contributed by atoms with van der Waals surface area (Å²) in [4.78, 5) is 12.2. The van der Waals surface area contributed by atoms with Crippen molar-refractivity contribution in [1.29, 1.82) is 0 Å². The van der Waals surface area contributed by atoms with Crippen molar-refractivity contribution in [3.05, 3.63) is 35.7 Å². The van der Waals surface area contributed by atoms with E-state index in [1.807, 2.05) is 31.2 Å². The van der Waals surface area contributed by atoms with Gasteiger partial charge in [-0.2, -0.15) is 0 Å². The predicted molar refractivity (Wildman–Crippen MR) is 97.0 cm³/mol. The van der Waals surface area contributed by atoms with Crippen LogP contribution in [0.5, 0.6) is 0 Å². The molecule has 2 aromatic rings. The third-order valence-corrected chi connectivity index (χ3v) is 4.80. The highest BCUT2D eigenvalue weighted by Crippen LogP contribution is 2.19. The van der Waals surface area contributed by atoms with Crippen LogP contribution in [-0.4, -0.2) is 22.1 Å². The van der Waals surface area contributed by atoms with Crippen molar-refractivity contribution < 1.29 is 9.21 Å². The van der Waals surface area contributed by atoms with Crippen LogP contribution in [0.4, 0.5) is 0 Å². The summed E-state index contributed by atoms with van der Waals surface area (Å²) in [5, 5.41) is 11.3. The second kappa shape index (κ2) is 8.79. The average Bonchev–Trinajstić information content (AvgIpc) is 3.05. The number of carbonyl (C=O) groups excluding carboxylic acids is 1. The van der Waals surface area contributed by atoms with E-state index >= 15 is 0 Å². The predicted octanol–water partition coefficient (Wildman–Crippen LogP) is 4.21. The topological polar surface area (TPSA) is 68.0 Å². The van der Waals surface area contributed by atoms with E-state index in [1.165, 1.54) is 37.7 Å². The molecule has 1 heterocycles. The van der Waals surface area contributed by atoms with Crippen LogP contribution >= 0.6 is 0 Å². The average molecular weight is 341 g/mol. The molecule has 1 aromatic carbocycles. The van der Waals surface area contributed by atoms with E-state index < -0.39 is 0 Å². The Balaban J connectivity index is 1.48. The number of nitrogens with zero attached hydrogens (tertiary/aromatic N) is 2. The molecule has 0 aliphatic heterocycles. The lowest BCUT2D eigenvalue weighted by atomic mass is 9.96. The maximum atomic E-state index is 12.2. The largest absolute Gasteiger partial charge is 0.421 e. The minimum absolute atomic E-state index is 0.0839. The lowest BCUT2D eigenvalue weighted by Crippen LogP contribution is -2.35. The smallest absolute Gasteiger partial charge is 0.247 e. The Morgan fingerprint density at radius 3 is 2.48 bits per heavy atom. The molecule has 1 N–H and O–H groups in total. The Morgan fingerprint density at radius 1 is 1.08 bits per heavy atom. The maximum absolute atomic E-state index is 12.2. The molecule has 134 valence electrons. The summed E-state index contributed by atoms with van der Waals surface area (Å²) in [5.41, 5.74) is 2.10. The molecule has 1 amide bonds. The molecule has 1 fully saturated rings. The first kappa shape index (κ1) is 17.6. The molecule has 1 aromatic heterocycles. The van der Waals surface area contributed by atoms with Crippen LogP contribution in [0.1, 0.15) is 62.8 Å². The van der Waals surface area contributed by atoms with Gasteiger partial charge >= 0.3 is 0 Å². The number of amides is 1. The molecule has 0 radical (unpaired) electrons. The van der Waals surface area contributed by atoms with Gasteiger partial charge in [0.1, 0.15) is 0 Å². The molecule has 5 heteroatoms. The number of nitrogens with one attached hydrogen (secondary N) is 1. The van der Waals surface area contributed by atoms with Gasteiger partial charge in [0.15, 0.2) is 0 Å². The van der Waals surface area contributed by atoms with Gasteiger partial charge < -0.3 is 9.73 Å². The molecule has 0 atom stereocenters. The normalized spacial score (nSPS) is 16.2. The fraction of sp³-hybridized carbons (Fsp3) is 0.550. The Kier molecular flexibility index (Phi) is 6.20. The third kappa shape index (κ3) is 5.41.